The molecule has 0 unspecified atom stereocenters. The summed E-state index contributed by atoms with van der Waals surface area (Å²) in [5.74, 6) is 0. The van der Waals surface area contributed by atoms with Crippen molar-refractivity contribution in [2.45, 2.75) is 19.3 Å². The van der Waals surface area contributed by atoms with Crippen molar-refractivity contribution in [3.8, 4) is 0 Å². The average Bonchev–Trinajstić information content (AvgIpc) is 1.61. The predicted octanol–water partition coefficient (Wildman–Crippen LogP) is -5.64. The molecule has 0 aromatic heterocycles. The topological polar surface area (TPSA) is 23.1 Å². The molecule has 0 aromatic carbocycles. The largest absolute Gasteiger partial charge is 1.00 e. The van der Waals surface area contributed by atoms with Crippen molar-refractivity contribution in [3.05, 3.63) is 6.92 Å². The number of hydrogen-bond donors (Lipinski definition) is 0. The van der Waals surface area contributed by atoms with Gasteiger partial charge in [0.2, 0.25) is 0 Å². The van der Waals surface area contributed by atoms with Crippen LogP contribution in [0.1, 0.15) is 19.3 Å². The zero-order valence-electron chi connectivity index (χ0n) is 5.94. The molecule has 0 aliphatic heterocycles. The average molecular weight is 100 g/mol. The fourth-order valence-electron chi connectivity index (χ4n) is 0.279. The normalized spacial score (nSPS) is 6.75. The second-order valence-electron chi connectivity index (χ2n) is 1.26. The first kappa shape index (κ1) is 16.1. The fraction of sp³-hybridized carbons (Fsp3) is 0.800. The third-order valence-electron chi connectivity index (χ3n) is 0.644. The van der Waals surface area contributed by atoms with Gasteiger partial charge in [0.15, 0.2) is 0 Å². The van der Waals surface area contributed by atoms with E-state index in [1.165, 1.54) is 0 Å². The van der Waals surface area contributed by atoms with E-state index in [1.54, 1.807) is 0 Å². The smallest absolute Gasteiger partial charge is 0.854 e. The molecular weight excluding hydrogens is 89.9 g/mol. The van der Waals surface area contributed by atoms with Gasteiger partial charge in [-0.25, -0.2) is 0 Å². The summed E-state index contributed by atoms with van der Waals surface area (Å²) < 4.78 is 0. The van der Waals surface area contributed by atoms with E-state index in [9.17, 15) is 5.11 Å². The van der Waals surface area contributed by atoms with Crippen LogP contribution in [-0.4, -0.2) is 6.61 Å². The van der Waals surface area contributed by atoms with E-state index >= 15 is 0 Å². The van der Waals surface area contributed by atoms with E-state index in [-0.39, 0.29) is 44.3 Å². The molecule has 3 heteroatoms. The van der Waals surface area contributed by atoms with Gasteiger partial charge in [0.05, 0.1) is 0 Å². The van der Waals surface area contributed by atoms with Crippen molar-refractivity contribution in [1.82, 2.24) is 0 Å². The summed E-state index contributed by atoms with van der Waals surface area (Å²) in [5.41, 5.74) is 0. The van der Waals surface area contributed by atoms with Crippen molar-refractivity contribution >= 4 is 0 Å². The van der Waals surface area contributed by atoms with Crippen LogP contribution in [-0.2, 0) is 0 Å². The Kier molecular flexibility index (Phi) is 31.6. The molecule has 0 aliphatic carbocycles. The van der Waals surface area contributed by atoms with Crippen LogP contribution in [0.25, 0.3) is 0 Å². The Morgan fingerprint density at radius 2 is 1.62 bits per heavy atom. The van der Waals surface area contributed by atoms with Gasteiger partial charge >= 0.3 is 37.7 Å². The molecule has 0 saturated heterocycles. The minimum absolute atomic E-state index is 0. The summed E-state index contributed by atoms with van der Waals surface area (Å²) in [7, 11) is 0. The van der Waals surface area contributed by atoms with Crippen molar-refractivity contribution < 1.29 is 42.8 Å². The van der Waals surface area contributed by atoms with Crippen molar-refractivity contribution in [1.29, 1.82) is 0 Å². The zero-order valence-corrected chi connectivity index (χ0v) is 5.94. The molecule has 0 atom stereocenters. The summed E-state index contributed by atoms with van der Waals surface area (Å²) >= 11 is 0. The van der Waals surface area contributed by atoms with Crippen LogP contribution in [0.2, 0.25) is 0 Å². The third-order valence-corrected chi connectivity index (χ3v) is 0.644. The first-order chi connectivity index (χ1) is 2.91. The van der Waals surface area contributed by atoms with E-state index in [0.29, 0.717) is 0 Å². The Hall–Kier alpha value is 1.15. The zero-order chi connectivity index (χ0) is 4.83. The number of unbranched alkanes of at least 4 members (excludes halogenated alkanes) is 2. The van der Waals surface area contributed by atoms with Gasteiger partial charge in [-0.2, -0.15) is 6.42 Å². The van der Waals surface area contributed by atoms with Crippen LogP contribution in [0.4, 0.5) is 0 Å². The van der Waals surface area contributed by atoms with E-state index in [4.69, 9.17) is 0 Å². The molecule has 0 heterocycles. The minimum Gasteiger partial charge on any atom is -0.854 e. The first-order valence-corrected chi connectivity index (χ1v) is 2.29. The van der Waals surface area contributed by atoms with Gasteiger partial charge in [-0.15, -0.1) is 6.61 Å². The van der Waals surface area contributed by atoms with Crippen LogP contribution >= 0.6 is 0 Å². The minimum atomic E-state index is 0. The van der Waals surface area contributed by atoms with Crippen LogP contribution in [0.15, 0.2) is 0 Å². The SMILES string of the molecule is [CH2-]CCCC[O-].[Li+].[Li+]. The second kappa shape index (κ2) is 15.7. The predicted molar refractivity (Wildman–Crippen MR) is 24.1 cm³/mol. The Labute approximate surface area is 75.6 Å². The molecule has 0 fully saturated rings. The number of rotatable bonds is 3. The first-order valence-electron chi connectivity index (χ1n) is 2.29. The third kappa shape index (κ3) is 15.7. The molecule has 0 N–H and O–H groups in total. The van der Waals surface area contributed by atoms with Gasteiger partial charge in [-0.1, -0.05) is 12.8 Å². The molecule has 38 valence electrons. The van der Waals surface area contributed by atoms with E-state index in [1.807, 2.05) is 0 Å². The Balaban J connectivity index is -0.000000125. The Morgan fingerprint density at radius 1 is 1.12 bits per heavy atom. The Bertz CT molecular complexity index is 22.4. The summed E-state index contributed by atoms with van der Waals surface area (Å²) in [5, 5.41) is 9.66. The number of hydrogen-bond acceptors (Lipinski definition) is 1. The van der Waals surface area contributed by atoms with E-state index in [2.05, 4.69) is 6.92 Å². The molecule has 0 radical (unpaired) electrons. The maximum atomic E-state index is 9.66. The Morgan fingerprint density at radius 3 is 1.75 bits per heavy atom. The van der Waals surface area contributed by atoms with Crippen molar-refractivity contribution in [2.24, 2.45) is 0 Å². The van der Waals surface area contributed by atoms with E-state index in [0.717, 1.165) is 19.3 Å². The summed E-state index contributed by atoms with van der Waals surface area (Å²) in [6.07, 6.45) is 2.69. The van der Waals surface area contributed by atoms with Crippen LogP contribution in [0.5, 0.6) is 0 Å². The maximum absolute atomic E-state index is 9.66. The van der Waals surface area contributed by atoms with Crippen LogP contribution in [0, 0.1) is 6.92 Å². The molecule has 8 heavy (non-hydrogen) atoms. The van der Waals surface area contributed by atoms with Gasteiger partial charge in [-0.3, -0.25) is 0 Å². The quantitative estimate of drug-likeness (QED) is 0.197. The maximum Gasteiger partial charge on any atom is 1.00 e. The van der Waals surface area contributed by atoms with Crippen LogP contribution in [0.3, 0.4) is 0 Å². The molecule has 0 bridgehead atoms. The fourth-order valence-corrected chi connectivity index (χ4v) is 0.279. The molecule has 0 spiro atoms. The standard InChI is InChI=1S/C5H10O.2Li/c1-2-3-4-5-6;;/h1-5H2;;/q-2;2*+1. The molecule has 0 aromatic rings. The van der Waals surface area contributed by atoms with Gasteiger partial charge in [0, 0.05) is 0 Å². The van der Waals surface area contributed by atoms with Crippen molar-refractivity contribution in [3.63, 3.8) is 0 Å². The summed E-state index contributed by atoms with van der Waals surface area (Å²) in [6, 6.07) is 0. The van der Waals surface area contributed by atoms with Crippen LogP contribution < -0.4 is 42.8 Å². The van der Waals surface area contributed by atoms with Gasteiger partial charge in [0.1, 0.15) is 0 Å². The van der Waals surface area contributed by atoms with Gasteiger partial charge in [0.25, 0.3) is 0 Å². The summed E-state index contributed by atoms with van der Waals surface area (Å²) in [6.45, 7) is 3.65. The molecular formula is C5H10Li2O. The van der Waals surface area contributed by atoms with Gasteiger partial charge in [-0.05, 0) is 0 Å². The second-order valence-corrected chi connectivity index (χ2v) is 1.26. The van der Waals surface area contributed by atoms with E-state index < -0.39 is 0 Å². The molecule has 0 amide bonds. The molecule has 0 rings (SSSR count). The molecule has 1 nitrogen and oxygen atoms in total. The molecule has 0 aliphatic rings. The van der Waals surface area contributed by atoms with Crippen molar-refractivity contribution in [2.75, 3.05) is 6.61 Å². The van der Waals surface area contributed by atoms with Gasteiger partial charge < -0.3 is 12.0 Å². The monoisotopic (exact) mass is 100 g/mol. The molecule has 0 saturated carbocycles. The summed E-state index contributed by atoms with van der Waals surface area (Å²) in [4.78, 5) is 0.